The number of urea groups is 1. The van der Waals surface area contributed by atoms with Crippen LogP contribution in [0.15, 0.2) is 24.3 Å². The van der Waals surface area contributed by atoms with E-state index in [1.165, 1.54) is 6.07 Å². The van der Waals surface area contributed by atoms with Gasteiger partial charge in [0.2, 0.25) is 0 Å². The molecule has 0 atom stereocenters. The van der Waals surface area contributed by atoms with Crippen molar-refractivity contribution >= 4 is 17.7 Å². The maximum Gasteiger partial charge on any atom is 0.337 e. The van der Waals surface area contributed by atoms with Crippen molar-refractivity contribution in [2.24, 2.45) is 5.41 Å². The van der Waals surface area contributed by atoms with E-state index < -0.39 is 12.0 Å². The van der Waals surface area contributed by atoms with E-state index in [1.807, 2.05) is 0 Å². The van der Waals surface area contributed by atoms with Crippen LogP contribution in [0.2, 0.25) is 0 Å². The fraction of sp³-hybridized carbons (Fsp3) is 0.429. The second-order valence-electron chi connectivity index (χ2n) is 5.18. The lowest BCUT2D eigenvalue weighted by Gasteiger charge is -2.23. The van der Waals surface area contributed by atoms with Crippen LogP contribution < -0.4 is 10.6 Å². The first-order valence-electron chi connectivity index (χ1n) is 6.23. The quantitative estimate of drug-likeness (QED) is 0.765. The summed E-state index contributed by atoms with van der Waals surface area (Å²) in [4.78, 5) is 22.7. The molecule has 0 saturated carbocycles. The lowest BCUT2D eigenvalue weighted by atomic mass is 9.90. The van der Waals surface area contributed by atoms with E-state index in [0.29, 0.717) is 12.2 Å². The van der Waals surface area contributed by atoms with E-state index in [-0.39, 0.29) is 11.0 Å². The minimum Gasteiger partial charge on any atom is -0.478 e. The summed E-state index contributed by atoms with van der Waals surface area (Å²) in [6.45, 7) is 6.70. The highest BCUT2D eigenvalue weighted by Crippen LogP contribution is 2.18. The summed E-state index contributed by atoms with van der Waals surface area (Å²) in [6, 6.07) is 5.92. The Kier molecular flexibility index (Phi) is 4.92. The predicted octanol–water partition coefficient (Wildman–Crippen LogP) is 2.94. The van der Waals surface area contributed by atoms with Gasteiger partial charge in [-0.15, -0.1) is 0 Å². The highest BCUT2D eigenvalue weighted by molar-refractivity contribution is 5.99. The predicted molar refractivity (Wildman–Crippen MR) is 74.5 cm³/mol. The maximum atomic E-state index is 11.7. The molecular weight excluding hydrogens is 244 g/mol. The molecule has 0 bridgehead atoms. The van der Waals surface area contributed by atoms with E-state index in [1.54, 1.807) is 18.2 Å². The molecule has 5 heteroatoms. The van der Waals surface area contributed by atoms with Gasteiger partial charge in [-0.05, 0) is 24.0 Å². The molecule has 1 aromatic carbocycles. The van der Waals surface area contributed by atoms with E-state index in [0.717, 1.165) is 6.42 Å². The fourth-order valence-electron chi connectivity index (χ4n) is 1.39. The van der Waals surface area contributed by atoms with Gasteiger partial charge >= 0.3 is 12.0 Å². The number of hydrogen-bond acceptors (Lipinski definition) is 2. The summed E-state index contributed by atoms with van der Waals surface area (Å²) in [5.74, 6) is -1.07. The molecule has 1 rings (SSSR count). The Morgan fingerprint density at radius 3 is 2.47 bits per heavy atom. The van der Waals surface area contributed by atoms with Crippen molar-refractivity contribution in [3.8, 4) is 0 Å². The smallest absolute Gasteiger partial charge is 0.337 e. The second-order valence-corrected chi connectivity index (χ2v) is 5.18. The molecule has 104 valence electrons. The molecule has 0 aliphatic rings. The first-order valence-corrected chi connectivity index (χ1v) is 6.23. The van der Waals surface area contributed by atoms with Crippen LogP contribution >= 0.6 is 0 Å². The average molecular weight is 264 g/mol. The van der Waals surface area contributed by atoms with Gasteiger partial charge in [0.05, 0.1) is 11.3 Å². The summed E-state index contributed by atoms with van der Waals surface area (Å²) in [5.41, 5.74) is 0.387. The van der Waals surface area contributed by atoms with Gasteiger partial charge in [0.15, 0.2) is 0 Å². The minimum atomic E-state index is -1.07. The Morgan fingerprint density at radius 1 is 1.26 bits per heavy atom. The Bertz CT molecular complexity index is 470. The standard InChI is InChI=1S/C14H20N2O3/c1-4-14(2,3)9-15-13(19)16-11-8-6-5-7-10(11)12(17)18/h5-8H,4,9H2,1-3H3,(H,17,18)(H2,15,16,19). The molecule has 0 aliphatic carbocycles. The summed E-state index contributed by atoms with van der Waals surface area (Å²) in [6.07, 6.45) is 0.943. The van der Waals surface area contributed by atoms with Crippen LogP contribution in [0.4, 0.5) is 10.5 Å². The number of para-hydroxylation sites is 1. The molecule has 0 saturated heterocycles. The van der Waals surface area contributed by atoms with Crippen LogP contribution in [-0.4, -0.2) is 23.7 Å². The first-order chi connectivity index (χ1) is 8.85. The molecule has 19 heavy (non-hydrogen) atoms. The molecule has 0 aromatic heterocycles. The summed E-state index contributed by atoms with van der Waals surface area (Å²) >= 11 is 0. The molecule has 0 fully saturated rings. The number of rotatable bonds is 5. The topological polar surface area (TPSA) is 78.4 Å². The largest absolute Gasteiger partial charge is 0.478 e. The van der Waals surface area contributed by atoms with Gasteiger partial charge in [-0.1, -0.05) is 32.9 Å². The molecule has 3 N–H and O–H groups in total. The monoisotopic (exact) mass is 264 g/mol. The van der Waals surface area contributed by atoms with Crippen molar-refractivity contribution < 1.29 is 14.7 Å². The lowest BCUT2D eigenvalue weighted by molar-refractivity contribution is 0.0698. The van der Waals surface area contributed by atoms with Gasteiger partial charge in [0.1, 0.15) is 0 Å². The highest BCUT2D eigenvalue weighted by atomic mass is 16.4. The molecule has 0 aliphatic heterocycles. The second kappa shape index (κ2) is 6.22. The zero-order valence-corrected chi connectivity index (χ0v) is 11.5. The zero-order valence-electron chi connectivity index (χ0n) is 11.5. The lowest BCUT2D eigenvalue weighted by Crippen LogP contribution is -2.36. The van der Waals surface area contributed by atoms with Gasteiger partial charge in [0.25, 0.3) is 0 Å². The average Bonchev–Trinajstić information content (AvgIpc) is 2.37. The Morgan fingerprint density at radius 2 is 1.89 bits per heavy atom. The number of hydrogen-bond donors (Lipinski definition) is 3. The fourth-order valence-corrected chi connectivity index (χ4v) is 1.39. The van der Waals surface area contributed by atoms with Crippen LogP contribution in [0.3, 0.4) is 0 Å². The third-order valence-electron chi connectivity index (χ3n) is 3.09. The van der Waals surface area contributed by atoms with Crippen molar-refractivity contribution in [1.82, 2.24) is 5.32 Å². The van der Waals surface area contributed by atoms with Crippen molar-refractivity contribution in [2.75, 3.05) is 11.9 Å². The Balaban J connectivity index is 2.65. The van der Waals surface area contributed by atoms with Crippen molar-refractivity contribution in [3.05, 3.63) is 29.8 Å². The number of carbonyl (C=O) groups excluding carboxylic acids is 1. The van der Waals surface area contributed by atoms with Gasteiger partial charge in [-0.3, -0.25) is 0 Å². The highest BCUT2D eigenvalue weighted by Gasteiger charge is 2.17. The van der Waals surface area contributed by atoms with Crippen molar-refractivity contribution in [1.29, 1.82) is 0 Å². The molecule has 2 amide bonds. The maximum absolute atomic E-state index is 11.7. The van der Waals surface area contributed by atoms with Crippen LogP contribution in [0.5, 0.6) is 0 Å². The molecule has 1 aromatic rings. The summed E-state index contributed by atoms with van der Waals surface area (Å²) in [5, 5.41) is 14.3. The van der Waals surface area contributed by atoms with Crippen LogP contribution in [0.1, 0.15) is 37.6 Å². The minimum absolute atomic E-state index is 0.0175. The van der Waals surface area contributed by atoms with E-state index in [2.05, 4.69) is 31.4 Å². The number of nitrogens with one attached hydrogen (secondary N) is 2. The number of anilines is 1. The molecular formula is C14H20N2O3. The number of benzene rings is 1. The van der Waals surface area contributed by atoms with Crippen molar-refractivity contribution in [3.63, 3.8) is 0 Å². The Labute approximate surface area is 113 Å². The summed E-state index contributed by atoms with van der Waals surface area (Å²) in [7, 11) is 0. The van der Waals surface area contributed by atoms with E-state index in [4.69, 9.17) is 5.11 Å². The zero-order chi connectivity index (χ0) is 14.5. The van der Waals surface area contributed by atoms with Crippen molar-refractivity contribution in [2.45, 2.75) is 27.2 Å². The number of carboxylic acid groups (broad SMARTS) is 1. The Hall–Kier alpha value is -2.04. The summed E-state index contributed by atoms with van der Waals surface area (Å²) < 4.78 is 0. The van der Waals surface area contributed by atoms with Crippen LogP contribution in [-0.2, 0) is 0 Å². The first kappa shape index (κ1) is 15.0. The van der Waals surface area contributed by atoms with Gasteiger partial charge in [0, 0.05) is 6.54 Å². The SMILES string of the molecule is CCC(C)(C)CNC(=O)Nc1ccccc1C(=O)O. The number of carbonyl (C=O) groups is 2. The van der Waals surface area contributed by atoms with Gasteiger partial charge in [-0.2, -0.15) is 0 Å². The number of amides is 2. The normalized spacial score (nSPS) is 10.9. The molecule has 0 unspecified atom stereocenters. The number of aromatic carboxylic acids is 1. The van der Waals surface area contributed by atoms with Crippen LogP contribution in [0.25, 0.3) is 0 Å². The third kappa shape index (κ3) is 4.62. The molecule has 0 radical (unpaired) electrons. The van der Waals surface area contributed by atoms with Crippen LogP contribution in [0, 0.1) is 5.41 Å². The van der Waals surface area contributed by atoms with E-state index in [9.17, 15) is 9.59 Å². The van der Waals surface area contributed by atoms with Gasteiger partial charge < -0.3 is 15.7 Å². The molecule has 0 spiro atoms. The molecule has 5 nitrogen and oxygen atoms in total. The molecule has 0 heterocycles. The van der Waals surface area contributed by atoms with E-state index >= 15 is 0 Å². The van der Waals surface area contributed by atoms with Gasteiger partial charge in [-0.25, -0.2) is 9.59 Å². The third-order valence-corrected chi connectivity index (χ3v) is 3.09. The number of carboxylic acids is 1.